The summed E-state index contributed by atoms with van der Waals surface area (Å²) < 4.78 is 6.63. The van der Waals surface area contributed by atoms with Gasteiger partial charge in [-0.15, -0.1) is 0 Å². The van der Waals surface area contributed by atoms with E-state index in [9.17, 15) is 19.5 Å². The number of pyridine rings is 1. The predicted molar refractivity (Wildman–Crippen MR) is 127 cm³/mol. The largest absolute Gasteiger partial charge is 0.506 e. The molecule has 0 saturated heterocycles. The molecule has 4 rings (SSSR count). The van der Waals surface area contributed by atoms with Crippen molar-refractivity contribution in [2.75, 3.05) is 11.9 Å². The summed E-state index contributed by atoms with van der Waals surface area (Å²) in [5.41, 5.74) is 1.12. The van der Waals surface area contributed by atoms with Crippen molar-refractivity contribution in [1.29, 1.82) is 0 Å². The Balaban J connectivity index is 1.66. The minimum absolute atomic E-state index is 0.00506. The summed E-state index contributed by atoms with van der Waals surface area (Å²) in [6.45, 7) is 2.07. The predicted octanol–water partition coefficient (Wildman–Crippen LogP) is 4.57. The fraction of sp³-hybridized carbons (Fsp3) is 0.346. The van der Waals surface area contributed by atoms with Gasteiger partial charge in [0, 0.05) is 17.1 Å². The smallest absolute Gasteiger partial charge is 0.310 e. The molecule has 0 spiro atoms. The number of hydrogen-bond donors (Lipinski definition) is 2. The number of esters is 1. The lowest BCUT2D eigenvalue weighted by molar-refractivity contribution is -0.142. The first-order valence-electron chi connectivity index (χ1n) is 11.4. The Labute approximate surface area is 192 Å². The van der Waals surface area contributed by atoms with Crippen molar-refractivity contribution in [3.8, 4) is 5.75 Å². The number of nitrogens with zero attached hydrogens (tertiary/aromatic N) is 1. The molecule has 0 atom stereocenters. The Bertz CT molecular complexity index is 1220. The van der Waals surface area contributed by atoms with E-state index >= 15 is 0 Å². The minimum Gasteiger partial charge on any atom is -0.506 e. The van der Waals surface area contributed by atoms with E-state index in [0.29, 0.717) is 23.2 Å². The molecule has 1 saturated carbocycles. The van der Waals surface area contributed by atoms with Crippen LogP contribution in [-0.4, -0.2) is 28.2 Å². The van der Waals surface area contributed by atoms with Crippen LogP contribution in [-0.2, 0) is 16.0 Å². The van der Waals surface area contributed by atoms with Gasteiger partial charge in [0.25, 0.3) is 11.5 Å². The molecule has 3 aromatic rings. The van der Waals surface area contributed by atoms with Crippen molar-refractivity contribution >= 4 is 28.5 Å². The number of fused-ring (bicyclic) bond motifs is 1. The van der Waals surface area contributed by atoms with Crippen LogP contribution in [0.25, 0.3) is 10.9 Å². The molecule has 1 aliphatic rings. The van der Waals surface area contributed by atoms with Crippen molar-refractivity contribution in [2.24, 2.45) is 0 Å². The third-order valence-corrected chi connectivity index (χ3v) is 6.12. The first-order chi connectivity index (χ1) is 16.0. The highest BCUT2D eigenvalue weighted by molar-refractivity contribution is 6.09. The number of carbonyl (C=O) groups is 2. The average Bonchev–Trinajstić information content (AvgIpc) is 2.81. The quantitative estimate of drug-likeness (QED) is 0.539. The number of anilines is 1. The van der Waals surface area contributed by atoms with Crippen LogP contribution in [0.4, 0.5) is 5.69 Å². The number of aromatic nitrogens is 1. The molecular weight excluding hydrogens is 420 g/mol. The Morgan fingerprint density at radius 1 is 1.06 bits per heavy atom. The summed E-state index contributed by atoms with van der Waals surface area (Å²) in [6.07, 6.45) is 5.09. The second-order valence-electron chi connectivity index (χ2n) is 8.34. The molecule has 1 fully saturated rings. The molecule has 2 aromatic carbocycles. The van der Waals surface area contributed by atoms with Crippen molar-refractivity contribution in [3.05, 3.63) is 70.0 Å². The zero-order valence-corrected chi connectivity index (χ0v) is 18.7. The standard InChI is InChI=1S/C26H28N2O5/c1-2-33-22(29)16-17-12-14-18(15-13-17)27-25(31)23-24(30)20-10-6-7-11-21(20)28(26(23)32)19-8-4-3-5-9-19/h6-7,10-15,19,30H,2-5,8-9,16H2,1H3,(H,27,31). The fourth-order valence-electron chi connectivity index (χ4n) is 4.53. The van der Waals surface area contributed by atoms with Crippen molar-refractivity contribution in [3.63, 3.8) is 0 Å². The van der Waals surface area contributed by atoms with Crippen LogP contribution in [0.1, 0.15) is 61.0 Å². The van der Waals surface area contributed by atoms with Gasteiger partial charge < -0.3 is 19.7 Å². The van der Waals surface area contributed by atoms with Gasteiger partial charge in [-0.2, -0.15) is 0 Å². The van der Waals surface area contributed by atoms with Crippen LogP contribution < -0.4 is 10.9 Å². The summed E-state index contributed by atoms with van der Waals surface area (Å²) in [7, 11) is 0. The summed E-state index contributed by atoms with van der Waals surface area (Å²) >= 11 is 0. The molecule has 33 heavy (non-hydrogen) atoms. The number of aromatic hydroxyl groups is 1. The molecule has 1 aromatic heterocycles. The van der Waals surface area contributed by atoms with E-state index < -0.39 is 11.5 Å². The molecular formula is C26H28N2O5. The number of para-hydroxylation sites is 1. The zero-order valence-electron chi connectivity index (χ0n) is 18.7. The van der Waals surface area contributed by atoms with Crippen LogP contribution in [0.5, 0.6) is 5.75 Å². The maximum absolute atomic E-state index is 13.5. The molecule has 1 heterocycles. The maximum Gasteiger partial charge on any atom is 0.310 e. The Hall–Kier alpha value is -3.61. The lowest BCUT2D eigenvalue weighted by Gasteiger charge is -2.26. The topological polar surface area (TPSA) is 97.6 Å². The molecule has 172 valence electrons. The van der Waals surface area contributed by atoms with Crippen molar-refractivity contribution in [2.45, 2.75) is 51.5 Å². The van der Waals surface area contributed by atoms with Crippen molar-refractivity contribution < 1.29 is 19.4 Å². The molecule has 1 amide bonds. The van der Waals surface area contributed by atoms with E-state index in [1.807, 2.05) is 12.1 Å². The van der Waals surface area contributed by atoms with Crippen LogP contribution in [0.3, 0.4) is 0 Å². The molecule has 1 aliphatic carbocycles. The second kappa shape index (κ2) is 9.90. The summed E-state index contributed by atoms with van der Waals surface area (Å²) in [5.74, 6) is -1.29. The van der Waals surface area contributed by atoms with Gasteiger partial charge in [0.15, 0.2) is 0 Å². The number of benzene rings is 2. The normalized spacial score (nSPS) is 14.2. The summed E-state index contributed by atoms with van der Waals surface area (Å²) in [4.78, 5) is 38.2. The van der Waals surface area contributed by atoms with Gasteiger partial charge in [-0.05, 0) is 49.6 Å². The van der Waals surface area contributed by atoms with Gasteiger partial charge in [0.2, 0.25) is 0 Å². The monoisotopic (exact) mass is 448 g/mol. The van der Waals surface area contributed by atoms with E-state index in [1.165, 1.54) is 0 Å². The number of amides is 1. The van der Waals surface area contributed by atoms with E-state index in [0.717, 1.165) is 37.7 Å². The van der Waals surface area contributed by atoms with Gasteiger partial charge in [-0.25, -0.2) is 0 Å². The second-order valence-corrected chi connectivity index (χ2v) is 8.34. The lowest BCUT2D eigenvalue weighted by Crippen LogP contribution is -2.33. The maximum atomic E-state index is 13.5. The molecule has 0 bridgehead atoms. The van der Waals surface area contributed by atoms with Crippen LogP contribution >= 0.6 is 0 Å². The van der Waals surface area contributed by atoms with Gasteiger partial charge >= 0.3 is 5.97 Å². The molecule has 7 nitrogen and oxygen atoms in total. The third-order valence-electron chi connectivity index (χ3n) is 6.12. The number of rotatable bonds is 6. The molecule has 7 heteroatoms. The average molecular weight is 449 g/mol. The van der Waals surface area contributed by atoms with Gasteiger partial charge in [-0.3, -0.25) is 14.4 Å². The van der Waals surface area contributed by atoms with E-state index in [4.69, 9.17) is 4.74 Å². The molecule has 0 radical (unpaired) electrons. The Kier molecular flexibility index (Phi) is 6.77. The van der Waals surface area contributed by atoms with Gasteiger partial charge in [0.1, 0.15) is 11.3 Å². The molecule has 0 aliphatic heterocycles. The first kappa shape index (κ1) is 22.6. The highest BCUT2D eigenvalue weighted by Crippen LogP contribution is 2.33. The third kappa shape index (κ3) is 4.77. The van der Waals surface area contributed by atoms with Crippen molar-refractivity contribution in [1.82, 2.24) is 4.57 Å². The highest BCUT2D eigenvalue weighted by atomic mass is 16.5. The van der Waals surface area contributed by atoms with Crippen LogP contribution in [0, 0.1) is 0 Å². The summed E-state index contributed by atoms with van der Waals surface area (Å²) in [5, 5.41) is 14.1. The number of nitrogens with one attached hydrogen (secondary N) is 1. The molecule has 0 unspecified atom stereocenters. The zero-order chi connectivity index (χ0) is 23.4. The number of carbonyl (C=O) groups excluding carboxylic acids is 2. The SMILES string of the molecule is CCOC(=O)Cc1ccc(NC(=O)c2c(O)c3ccccc3n(C3CCCCC3)c2=O)cc1. The Morgan fingerprint density at radius 2 is 1.76 bits per heavy atom. The minimum atomic E-state index is -0.661. The number of hydrogen-bond acceptors (Lipinski definition) is 5. The fourth-order valence-corrected chi connectivity index (χ4v) is 4.53. The van der Waals surface area contributed by atoms with Gasteiger partial charge in [-0.1, -0.05) is 43.5 Å². The van der Waals surface area contributed by atoms with E-state index in [2.05, 4.69) is 5.32 Å². The van der Waals surface area contributed by atoms with Crippen LogP contribution in [0.15, 0.2) is 53.3 Å². The molecule has 2 N–H and O–H groups in total. The first-order valence-corrected chi connectivity index (χ1v) is 11.4. The Morgan fingerprint density at radius 3 is 2.45 bits per heavy atom. The summed E-state index contributed by atoms with van der Waals surface area (Å²) in [6, 6.07) is 13.9. The lowest BCUT2D eigenvalue weighted by atomic mass is 9.94. The van der Waals surface area contributed by atoms with Gasteiger partial charge in [0.05, 0.1) is 18.5 Å². The number of ether oxygens (including phenoxy) is 1. The van der Waals surface area contributed by atoms with E-state index in [1.54, 1.807) is 47.9 Å². The van der Waals surface area contributed by atoms with E-state index in [-0.39, 0.29) is 29.7 Å². The van der Waals surface area contributed by atoms with Crippen LogP contribution in [0.2, 0.25) is 0 Å². The highest BCUT2D eigenvalue weighted by Gasteiger charge is 2.26.